The molecule has 0 aliphatic rings. The van der Waals surface area contributed by atoms with Gasteiger partial charge in [0.05, 0.1) is 17.4 Å². The number of rotatable bonds is 4. The van der Waals surface area contributed by atoms with Crippen LogP contribution in [0.5, 0.6) is 0 Å². The Labute approximate surface area is 115 Å². The zero-order valence-corrected chi connectivity index (χ0v) is 11.0. The van der Waals surface area contributed by atoms with E-state index in [0.717, 1.165) is 24.2 Å². The van der Waals surface area contributed by atoms with Crippen molar-refractivity contribution in [3.05, 3.63) is 48.0 Å². The van der Waals surface area contributed by atoms with Gasteiger partial charge in [0, 0.05) is 31.9 Å². The first-order chi connectivity index (χ1) is 9.66. The highest BCUT2D eigenvalue weighted by Gasteiger charge is 2.12. The lowest BCUT2D eigenvalue weighted by Crippen LogP contribution is -2.05. The minimum absolute atomic E-state index is 0.238. The summed E-state index contributed by atoms with van der Waals surface area (Å²) in [4.78, 5) is 15.4. The van der Waals surface area contributed by atoms with Crippen molar-refractivity contribution >= 4 is 17.0 Å². The molecule has 102 valence electrons. The Balaban J connectivity index is 1.91. The Bertz CT molecular complexity index is 772. The van der Waals surface area contributed by atoms with Gasteiger partial charge in [-0.1, -0.05) is 6.07 Å². The molecular formula is C14H14N4O2. The van der Waals surface area contributed by atoms with Gasteiger partial charge in [0.1, 0.15) is 5.52 Å². The first-order valence-electron chi connectivity index (χ1n) is 6.31. The second-order valence-corrected chi connectivity index (χ2v) is 4.61. The highest BCUT2D eigenvalue weighted by Crippen LogP contribution is 2.18. The number of aromatic nitrogens is 4. The summed E-state index contributed by atoms with van der Waals surface area (Å²) in [5.41, 5.74) is 2.74. The van der Waals surface area contributed by atoms with E-state index in [1.54, 1.807) is 24.7 Å². The normalized spacial score (nSPS) is 11.1. The second kappa shape index (κ2) is 4.80. The fourth-order valence-electron chi connectivity index (χ4n) is 2.32. The molecule has 0 aliphatic carbocycles. The number of fused-ring (bicyclic) bond motifs is 1. The van der Waals surface area contributed by atoms with Gasteiger partial charge in [-0.3, -0.25) is 4.68 Å². The third-order valence-electron chi connectivity index (χ3n) is 3.41. The number of para-hydroxylation sites is 1. The van der Waals surface area contributed by atoms with Gasteiger partial charge in [-0.15, -0.1) is 0 Å². The fourth-order valence-corrected chi connectivity index (χ4v) is 2.32. The predicted octanol–water partition coefficient (Wildman–Crippen LogP) is 1.71. The average molecular weight is 270 g/mol. The monoisotopic (exact) mass is 270 g/mol. The highest BCUT2D eigenvalue weighted by atomic mass is 16.4. The molecule has 0 radical (unpaired) electrons. The van der Waals surface area contributed by atoms with E-state index in [-0.39, 0.29) is 5.56 Å². The molecule has 0 bridgehead atoms. The quantitative estimate of drug-likeness (QED) is 0.783. The van der Waals surface area contributed by atoms with Gasteiger partial charge < -0.3 is 9.67 Å². The third-order valence-corrected chi connectivity index (χ3v) is 3.41. The van der Waals surface area contributed by atoms with E-state index in [2.05, 4.69) is 10.1 Å². The number of imidazole rings is 1. The minimum atomic E-state index is -0.951. The van der Waals surface area contributed by atoms with Crippen molar-refractivity contribution in [3.63, 3.8) is 0 Å². The van der Waals surface area contributed by atoms with Crippen molar-refractivity contribution in [1.82, 2.24) is 19.3 Å². The smallest absolute Gasteiger partial charge is 0.337 e. The van der Waals surface area contributed by atoms with Gasteiger partial charge in [0.15, 0.2) is 0 Å². The van der Waals surface area contributed by atoms with Crippen molar-refractivity contribution in [3.8, 4) is 0 Å². The van der Waals surface area contributed by atoms with Crippen molar-refractivity contribution in [2.24, 2.45) is 7.05 Å². The standard InChI is InChI=1S/C14H14N4O2/c1-17-10(5-7-16-17)6-8-18-9-15-13-11(14(19)20)3-2-4-12(13)18/h2-5,7,9H,6,8H2,1H3,(H,19,20). The van der Waals surface area contributed by atoms with Gasteiger partial charge in [-0.25, -0.2) is 9.78 Å². The van der Waals surface area contributed by atoms with Gasteiger partial charge in [0.2, 0.25) is 0 Å². The van der Waals surface area contributed by atoms with Gasteiger partial charge >= 0.3 is 5.97 Å². The molecule has 0 fully saturated rings. The van der Waals surface area contributed by atoms with Crippen molar-refractivity contribution in [2.75, 3.05) is 0 Å². The zero-order chi connectivity index (χ0) is 14.1. The summed E-state index contributed by atoms with van der Waals surface area (Å²) in [7, 11) is 1.91. The number of carboxylic acid groups (broad SMARTS) is 1. The van der Waals surface area contributed by atoms with Crippen molar-refractivity contribution < 1.29 is 9.90 Å². The average Bonchev–Trinajstić information content (AvgIpc) is 3.02. The molecule has 3 rings (SSSR count). The van der Waals surface area contributed by atoms with Crippen LogP contribution in [-0.4, -0.2) is 30.4 Å². The fraction of sp³-hybridized carbons (Fsp3) is 0.214. The van der Waals surface area contributed by atoms with Crippen LogP contribution in [0.15, 0.2) is 36.8 Å². The number of aromatic carboxylic acids is 1. The van der Waals surface area contributed by atoms with Crippen LogP contribution in [0.1, 0.15) is 16.1 Å². The molecule has 2 aromatic heterocycles. The zero-order valence-electron chi connectivity index (χ0n) is 11.0. The molecule has 0 atom stereocenters. The molecule has 0 unspecified atom stereocenters. The Hall–Kier alpha value is -2.63. The number of carbonyl (C=O) groups is 1. The van der Waals surface area contributed by atoms with E-state index in [9.17, 15) is 4.79 Å². The van der Waals surface area contributed by atoms with E-state index < -0.39 is 5.97 Å². The first kappa shape index (κ1) is 12.4. The number of carboxylic acids is 1. The van der Waals surface area contributed by atoms with E-state index in [1.165, 1.54) is 0 Å². The van der Waals surface area contributed by atoms with Crippen molar-refractivity contribution in [1.29, 1.82) is 0 Å². The first-order valence-corrected chi connectivity index (χ1v) is 6.31. The van der Waals surface area contributed by atoms with Crippen LogP contribution in [0.2, 0.25) is 0 Å². The maximum absolute atomic E-state index is 11.2. The Morgan fingerprint density at radius 3 is 2.90 bits per heavy atom. The molecule has 6 heteroatoms. The summed E-state index contributed by atoms with van der Waals surface area (Å²) in [6, 6.07) is 7.18. The Morgan fingerprint density at radius 2 is 2.20 bits per heavy atom. The Morgan fingerprint density at radius 1 is 1.35 bits per heavy atom. The van der Waals surface area contributed by atoms with E-state index in [4.69, 9.17) is 5.11 Å². The van der Waals surface area contributed by atoms with Crippen LogP contribution in [0.25, 0.3) is 11.0 Å². The van der Waals surface area contributed by atoms with Crippen LogP contribution in [-0.2, 0) is 20.0 Å². The van der Waals surface area contributed by atoms with Crippen LogP contribution >= 0.6 is 0 Å². The molecule has 0 saturated heterocycles. The molecule has 3 aromatic rings. The number of benzene rings is 1. The summed E-state index contributed by atoms with van der Waals surface area (Å²) in [5, 5.41) is 13.3. The number of aryl methyl sites for hydroxylation is 3. The molecule has 1 aromatic carbocycles. The summed E-state index contributed by atoms with van der Waals surface area (Å²) < 4.78 is 3.80. The molecule has 0 spiro atoms. The molecule has 2 heterocycles. The van der Waals surface area contributed by atoms with E-state index >= 15 is 0 Å². The van der Waals surface area contributed by atoms with Gasteiger partial charge in [-0.2, -0.15) is 5.10 Å². The summed E-state index contributed by atoms with van der Waals surface area (Å²) in [5.74, 6) is -0.951. The molecule has 20 heavy (non-hydrogen) atoms. The van der Waals surface area contributed by atoms with Crippen LogP contribution in [0, 0.1) is 0 Å². The number of nitrogens with zero attached hydrogens (tertiary/aromatic N) is 4. The van der Waals surface area contributed by atoms with Crippen LogP contribution in [0.4, 0.5) is 0 Å². The number of hydrogen-bond acceptors (Lipinski definition) is 3. The molecule has 1 N–H and O–H groups in total. The van der Waals surface area contributed by atoms with Gasteiger partial charge in [0.25, 0.3) is 0 Å². The lowest BCUT2D eigenvalue weighted by atomic mass is 10.2. The second-order valence-electron chi connectivity index (χ2n) is 4.61. The van der Waals surface area contributed by atoms with E-state index in [1.807, 2.05) is 28.4 Å². The molecule has 0 aliphatic heterocycles. The topological polar surface area (TPSA) is 72.9 Å². The molecule has 6 nitrogen and oxygen atoms in total. The summed E-state index contributed by atoms with van der Waals surface area (Å²) in [6.45, 7) is 0.735. The summed E-state index contributed by atoms with van der Waals surface area (Å²) >= 11 is 0. The summed E-state index contributed by atoms with van der Waals surface area (Å²) in [6.07, 6.45) is 4.27. The maximum Gasteiger partial charge on any atom is 0.337 e. The lowest BCUT2D eigenvalue weighted by Gasteiger charge is -2.05. The van der Waals surface area contributed by atoms with Crippen LogP contribution < -0.4 is 0 Å². The maximum atomic E-state index is 11.2. The molecular weight excluding hydrogens is 256 g/mol. The lowest BCUT2D eigenvalue weighted by molar-refractivity contribution is 0.0699. The Kier molecular flexibility index (Phi) is 2.98. The minimum Gasteiger partial charge on any atom is -0.478 e. The van der Waals surface area contributed by atoms with Gasteiger partial charge in [-0.05, 0) is 18.2 Å². The van der Waals surface area contributed by atoms with E-state index in [0.29, 0.717) is 5.52 Å². The highest BCUT2D eigenvalue weighted by molar-refractivity contribution is 6.00. The third kappa shape index (κ3) is 2.05. The number of hydrogen-bond donors (Lipinski definition) is 1. The molecule has 0 saturated carbocycles. The largest absolute Gasteiger partial charge is 0.478 e. The van der Waals surface area contributed by atoms with Crippen molar-refractivity contribution in [2.45, 2.75) is 13.0 Å². The predicted molar refractivity (Wildman–Crippen MR) is 73.6 cm³/mol. The van der Waals surface area contributed by atoms with Crippen LogP contribution in [0.3, 0.4) is 0 Å². The molecule has 0 amide bonds. The SMILES string of the molecule is Cn1nccc1CCn1cnc2c(C(=O)O)cccc21.